The summed E-state index contributed by atoms with van der Waals surface area (Å²) >= 11 is 0. The highest BCUT2D eigenvalue weighted by molar-refractivity contribution is 5.07. The van der Waals surface area contributed by atoms with E-state index in [2.05, 4.69) is 10.3 Å². The van der Waals surface area contributed by atoms with Crippen LogP contribution in [0.5, 0.6) is 0 Å². The van der Waals surface area contributed by atoms with Crippen molar-refractivity contribution in [3.63, 3.8) is 0 Å². The lowest BCUT2D eigenvalue weighted by atomic mass is 10.1. The normalized spacial score (nSPS) is 13.6. The molecular weight excluding hydrogens is 229 g/mol. The molecule has 5 heteroatoms. The summed E-state index contributed by atoms with van der Waals surface area (Å²) in [5.74, 6) is 0. The van der Waals surface area contributed by atoms with Gasteiger partial charge in [-0.1, -0.05) is 6.07 Å². The van der Waals surface area contributed by atoms with E-state index >= 15 is 0 Å². The summed E-state index contributed by atoms with van der Waals surface area (Å²) in [6.45, 7) is 2.54. The molecule has 1 aromatic heterocycles. The molecule has 0 fully saturated rings. The van der Waals surface area contributed by atoms with E-state index in [-0.39, 0.29) is 12.5 Å². The van der Waals surface area contributed by atoms with Crippen LogP contribution in [0, 0.1) is 0 Å². The summed E-state index contributed by atoms with van der Waals surface area (Å²) in [6, 6.07) is 3.85. The Kier molecular flexibility index (Phi) is 5.41. The fourth-order valence-electron chi connectivity index (χ4n) is 1.51. The quantitative estimate of drug-likeness (QED) is 0.833. The van der Waals surface area contributed by atoms with Crippen molar-refractivity contribution in [2.45, 2.75) is 44.9 Å². The van der Waals surface area contributed by atoms with Crippen LogP contribution in [-0.4, -0.2) is 17.2 Å². The minimum absolute atomic E-state index is 0.0811. The van der Waals surface area contributed by atoms with Crippen molar-refractivity contribution in [1.29, 1.82) is 0 Å². The minimum atomic E-state index is -4.04. The average molecular weight is 246 g/mol. The van der Waals surface area contributed by atoms with Crippen molar-refractivity contribution in [3.8, 4) is 0 Å². The lowest BCUT2D eigenvalue weighted by Crippen LogP contribution is -2.25. The highest BCUT2D eigenvalue weighted by atomic mass is 19.4. The van der Waals surface area contributed by atoms with Crippen LogP contribution in [0.1, 0.15) is 31.7 Å². The molecule has 1 aromatic rings. The van der Waals surface area contributed by atoms with Gasteiger partial charge in [0.1, 0.15) is 0 Å². The molecule has 0 aromatic carbocycles. The monoisotopic (exact) mass is 246 g/mol. The van der Waals surface area contributed by atoms with Crippen molar-refractivity contribution in [2.75, 3.05) is 0 Å². The third kappa shape index (κ3) is 6.94. The van der Waals surface area contributed by atoms with E-state index in [9.17, 15) is 13.2 Å². The molecule has 0 aliphatic rings. The molecule has 96 valence electrons. The van der Waals surface area contributed by atoms with Gasteiger partial charge in [-0.2, -0.15) is 13.2 Å². The summed E-state index contributed by atoms with van der Waals surface area (Å²) in [7, 11) is 0. The maximum Gasteiger partial charge on any atom is 0.389 e. The molecule has 2 nitrogen and oxygen atoms in total. The molecule has 17 heavy (non-hydrogen) atoms. The summed E-state index contributed by atoms with van der Waals surface area (Å²) < 4.78 is 35.8. The van der Waals surface area contributed by atoms with E-state index in [1.807, 2.05) is 19.1 Å². The molecule has 0 radical (unpaired) electrons. The Morgan fingerprint density at radius 2 is 2.18 bits per heavy atom. The van der Waals surface area contributed by atoms with Gasteiger partial charge in [0.05, 0.1) is 0 Å². The zero-order valence-electron chi connectivity index (χ0n) is 9.80. The van der Waals surface area contributed by atoms with Crippen LogP contribution in [-0.2, 0) is 6.54 Å². The molecule has 0 amide bonds. The first-order valence-corrected chi connectivity index (χ1v) is 5.66. The number of halogens is 3. The third-order valence-electron chi connectivity index (χ3n) is 2.47. The maximum atomic E-state index is 11.9. The highest BCUT2D eigenvalue weighted by Gasteiger charge is 2.26. The number of nitrogens with one attached hydrogen (secondary N) is 1. The molecule has 1 unspecified atom stereocenters. The Morgan fingerprint density at radius 3 is 2.76 bits per heavy atom. The maximum absolute atomic E-state index is 11.9. The molecule has 1 atom stereocenters. The van der Waals surface area contributed by atoms with Crippen molar-refractivity contribution in [3.05, 3.63) is 30.1 Å². The van der Waals surface area contributed by atoms with Crippen LogP contribution in [0.2, 0.25) is 0 Å². The summed E-state index contributed by atoms with van der Waals surface area (Å²) in [5, 5.41) is 3.18. The van der Waals surface area contributed by atoms with Gasteiger partial charge < -0.3 is 5.32 Å². The van der Waals surface area contributed by atoms with E-state index < -0.39 is 12.6 Å². The standard InChI is InChI=1S/C12H17F3N2/c1-10(4-2-6-12(13,14)15)17-9-11-5-3-7-16-8-11/h3,5,7-8,10,17H,2,4,6,9H2,1H3. The van der Waals surface area contributed by atoms with Crippen LogP contribution in [0.25, 0.3) is 0 Å². The molecule has 0 aliphatic heterocycles. The van der Waals surface area contributed by atoms with E-state index in [0.29, 0.717) is 13.0 Å². The number of rotatable bonds is 6. The minimum Gasteiger partial charge on any atom is -0.310 e. The van der Waals surface area contributed by atoms with Gasteiger partial charge in [0.2, 0.25) is 0 Å². The molecule has 1 heterocycles. The second kappa shape index (κ2) is 6.59. The molecule has 0 spiro atoms. The smallest absolute Gasteiger partial charge is 0.310 e. The second-order valence-corrected chi connectivity index (χ2v) is 4.15. The SMILES string of the molecule is CC(CCCC(F)(F)F)NCc1cccnc1. The van der Waals surface area contributed by atoms with Crippen molar-refractivity contribution in [1.82, 2.24) is 10.3 Å². The fraction of sp³-hybridized carbons (Fsp3) is 0.583. The summed E-state index contributed by atoms with van der Waals surface area (Å²) in [5.41, 5.74) is 1.04. The lowest BCUT2D eigenvalue weighted by Gasteiger charge is -2.14. The van der Waals surface area contributed by atoms with Gasteiger partial charge in [-0.25, -0.2) is 0 Å². The van der Waals surface area contributed by atoms with Crippen LogP contribution < -0.4 is 5.32 Å². The van der Waals surface area contributed by atoms with Crippen LogP contribution >= 0.6 is 0 Å². The zero-order valence-corrected chi connectivity index (χ0v) is 9.80. The second-order valence-electron chi connectivity index (χ2n) is 4.15. The average Bonchev–Trinajstić information content (AvgIpc) is 2.26. The Bertz CT molecular complexity index is 311. The number of pyridine rings is 1. The molecule has 0 bridgehead atoms. The number of nitrogens with zero attached hydrogens (tertiary/aromatic N) is 1. The predicted octanol–water partition coefficient (Wildman–Crippen LogP) is 3.29. The zero-order chi connectivity index (χ0) is 12.7. The number of hydrogen-bond acceptors (Lipinski definition) is 2. The highest BCUT2D eigenvalue weighted by Crippen LogP contribution is 2.22. The Morgan fingerprint density at radius 1 is 1.41 bits per heavy atom. The summed E-state index contributed by atoms with van der Waals surface area (Å²) in [4.78, 5) is 3.97. The first-order chi connectivity index (χ1) is 7.97. The third-order valence-corrected chi connectivity index (χ3v) is 2.47. The number of hydrogen-bond donors (Lipinski definition) is 1. The molecular formula is C12H17F3N2. The molecule has 0 aliphatic carbocycles. The summed E-state index contributed by atoms with van der Waals surface area (Å²) in [6.07, 6.45) is -0.606. The van der Waals surface area contributed by atoms with Gasteiger partial charge in [0.15, 0.2) is 0 Å². The van der Waals surface area contributed by atoms with Crippen molar-refractivity contribution >= 4 is 0 Å². The van der Waals surface area contributed by atoms with Crippen LogP contribution in [0.4, 0.5) is 13.2 Å². The van der Waals surface area contributed by atoms with Crippen molar-refractivity contribution in [2.24, 2.45) is 0 Å². The van der Waals surface area contributed by atoms with Gasteiger partial charge in [-0.05, 0) is 31.4 Å². The Balaban J connectivity index is 2.15. The topological polar surface area (TPSA) is 24.9 Å². The molecule has 0 saturated carbocycles. The fourth-order valence-corrected chi connectivity index (χ4v) is 1.51. The van der Waals surface area contributed by atoms with E-state index in [1.54, 1.807) is 12.4 Å². The predicted molar refractivity (Wildman–Crippen MR) is 60.4 cm³/mol. The first kappa shape index (κ1) is 14.0. The van der Waals surface area contributed by atoms with Gasteiger partial charge in [-0.15, -0.1) is 0 Å². The van der Waals surface area contributed by atoms with Gasteiger partial charge >= 0.3 is 6.18 Å². The Labute approximate surface area is 99.3 Å². The molecule has 1 rings (SSSR count). The Hall–Kier alpha value is -1.10. The van der Waals surface area contributed by atoms with Crippen LogP contribution in [0.15, 0.2) is 24.5 Å². The molecule has 1 N–H and O–H groups in total. The van der Waals surface area contributed by atoms with E-state index in [0.717, 1.165) is 5.56 Å². The first-order valence-electron chi connectivity index (χ1n) is 5.66. The largest absolute Gasteiger partial charge is 0.389 e. The van der Waals surface area contributed by atoms with Crippen LogP contribution in [0.3, 0.4) is 0 Å². The van der Waals surface area contributed by atoms with E-state index in [4.69, 9.17) is 0 Å². The number of alkyl halides is 3. The van der Waals surface area contributed by atoms with Gasteiger partial charge in [0, 0.05) is 31.4 Å². The van der Waals surface area contributed by atoms with Crippen molar-refractivity contribution < 1.29 is 13.2 Å². The number of aromatic nitrogens is 1. The molecule has 0 saturated heterocycles. The lowest BCUT2D eigenvalue weighted by molar-refractivity contribution is -0.135. The van der Waals surface area contributed by atoms with E-state index in [1.165, 1.54) is 0 Å². The van der Waals surface area contributed by atoms with Gasteiger partial charge in [0.25, 0.3) is 0 Å². The van der Waals surface area contributed by atoms with Gasteiger partial charge in [-0.3, -0.25) is 4.98 Å².